The average Bonchev–Trinajstić information content (AvgIpc) is 2.49. The zero-order valence-electron chi connectivity index (χ0n) is 14.1. The first-order valence-electron chi connectivity index (χ1n) is 8.19. The van der Waals surface area contributed by atoms with Gasteiger partial charge < -0.3 is 0 Å². The van der Waals surface area contributed by atoms with Crippen LogP contribution in [0.3, 0.4) is 0 Å². The first kappa shape index (κ1) is 22.0. The summed E-state index contributed by atoms with van der Waals surface area (Å²) in [6, 6.07) is 0. The van der Waals surface area contributed by atoms with Crippen molar-refractivity contribution in [2.75, 3.05) is 6.61 Å². The van der Waals surface area contributed by atoms with Gasteiger partial charge in [0, 0.05) is 10.8 Å². The van der Waals surface area contributed by atoms with E-state index in [1.54, 1.807) is 0 Å². The third-order valence-electron chi connectivity index (χ3n) is 3.94. The van der Waals surface area contributed by atoms with Gasteiger partial charge in [0.15, 0.2) is 0 Å². The van der Waals surface area contributed by atoms with E-state index in [9.17, 15) is 0 Å². The molecular formula is C16H34N2OSn. The van der Waals surface area contributed by atoms with E-state index in [-0.39, 0.29) is 0 Å². The van der Waals surface area contributed by atoms with Crippen molar-refractivity contribution in [2.45, 2.75) is 79.5 Å². The third kappa shape index (κ3) is 8.84. The molecule has 0 unspecified atom stereocenters. The minimum Gasteiger partial charge on any atom is 0 e. The van der Waals surface area contributed by atoms with E-state index < -0.39 is 18.4 Å². The second kappa shape index (κ2) is 15.2. The van der Waals surface area contributed by atoms with Crippen LogP contribution < -0.4 is 0 Å². The first-order chi connectivity index (χ1) is 9.66. The average molecular weight is 389 g/mol. The number of hydrogen-bond donors (Lipinski definition) is 0. The Morgan fingerprint density at radius 1 is 0.850 bits per heavy atom. The Morgan fingerprint density at radius 3 is 1.45 bits per heavy atom. The van der Waals surface area contributed by atoms with Gasteiger partial charge in [0.05, 0.1) is 0 Å². The predicted octanol–water partition coefficient (Wildman–Crippen LogP) is 5.96. The van der Waals surface area contributed by atoms with E-state index in [0.717, 1.165) is 6.61 Å². The van der Waals surface area contributed by atoms with Gasteiger partial charge in [0.2, 0.25) is 0 Å². The number of hydrogen-bond acceptors (Lipinski definition) is 3. The van der Waals surface area contributed by atoms with Crippen LogP contribution in [0.5, 0.6) is 0 Å². The van der Waals surface area contributed by atoms with Crippen LogP contribution in [0.4, 0.5) is 0 Å². The summed E-state index contributed by atoms with van der Waals surface area (Å²) in [5.41, 5.74) is 0. The molecule has 0 saturated carbocycles. The largest absolute Gasteiger partial charge is 0 e. The van der Waals surface area contributed by atoms with Crippen LogP contribution in [-0.2, 0) is 4.74 Å². The Balaban J connectivity index is 0. The molecule has 0 aromatic heterocycles. The molecule has 0 aliphatic carbocycles. The molecule has 0 aromatic rings. The monoisotopic (exact) mass is 390 g/mol. The number of rotatable bonds is 12. The summed E-state index contributed by atoms with van der Waals surface area (Å²) in [7, 11) is 0. The van der Waals surface area contributed by atoms with E-state index in [4.69, 9.17) is 15.5 Å². The molecule has 118 valence electrons. The Labute approximate surface area is 130 Å². The minimum atomic E-state index is -2.24. The van der Waals surface area contributed by atoms with Gasteiger partial charge in [-0.2, -0.15) is 0 Å². The molecule has 0 spiro atoms. The number of ether oxygens (including phenoxy) is 1. The van der Waals surface area contributed by atoms with Crippen LogP contribution >= 0.6 is 0 Å². The molecule has 0 saturated heterocycles. The van der Waals surface area contributed by atoms with Gasteiger partial charge in [-0.1, -0.05) is 0 Å². The Bertz CT molecular complexity index is 232. The first-order valence-corrected chi connectivity index (χ1v) is 15.7. The zero-order valence-corrected chi connectivity index (χ0v) is 16.9. The molecule has 0 rings (SSSR count). The van der Waals surface area contributed by atoms with Crippen LogP contribution in [0.15, 0.2) is 10.4 Å². The molecule has 0 bridgehead atoms. The summed E-state index contributed by atoms with van der Waals surface area (Å²) >= 11 is -2.24. The van der Waals surface area contributed by atoms with Gasteiger partial charge in [-0.25, -0.2) is 0 Å². The predicted molar refractivity (Wildman–Crippen MR) is 89.1 cm³/mol. The quantitative estimate of drug-likeness (QED) is 0.235. The van der Waals surface area contributed by atoms with Gasteiger partial charge in [-0.3, -0.25) is 0 Å². The molecule has 0 amide bonds. The summed E-state index contributed by atoms with van der Waals surface area (Å²) in [4.78, 5) is 0. The molecule has 3 nitrogen and oxygen atoms in total. The van der Waals surface area contributed by atoms with Crippen molar-refractivity contribution in [1.29, 1.82) is 10.8 Å². The normalized spacial score (nSPS) is 10.5. The second-order valence-electron chi connectivity index (χ2n) is 5.45. The van der Waals surface area contributed by atoms with Crippen molar-refractivity contribution >= 4 is 18.4 Å². The zero-order chi connectivity index (χ0) is 15.9. The molecule has 0 fully saturated rings. The topological polar surface area (TPSA) is 56.8 Å². The molecule has 0 aliphatic heterocycles. The summed E-state index contributed by atoms with van der Waals surface area (Å²) in [6.45, 7) is 14.2. The Kier molecular flexibility index (Phi) is 16.7. The van der Waals surface area contributed by atoms with E-state index in [0.29, 0.717) is 0 Å². The van der Waals surface area contributed by atoms with E-state index >= 15 is 0 Å². The molecule has 0 aliphatic rings. The van der Waals surface area contributed by atoms with E-state index in [1.165, 1.54) is 55.6 Å². The molecule has 0 N–H and O–H groups in total. The fourth-order valence-electron chi connectivity index (χ4n) is 2.67. The van der Waals surface area contributed by atoms with E-state index in [2.05, 4.69) is 34.3 Å². The number of unbranched alkanes of at least 4 members (excludes halogenated alkanes) is 3. The second-order valence-corrected chi connectivity index (χ2v) is 18.6. The Morgan fingerprint density at radius 2 is 1.20 bits per heavy atom. The van der Waals surface area contributed by atoms with Crippen molar-refractivity contribution in [3.05, 3.63) is 10.4 Å². The standard InChI is InChI=1S/C4H7O.3C4H9.N2.Sn/c1-3-5-4-2;3*1-3-4-2;1-2;/h1,4H2,2H3;3*1,3-4H2,2H3;;. The molecule has 20 heavy (non-hydrogen) atoms. The maximum atomic E-state index is 6.00. The van der Waals surface area contributed by atoms with Gasteiger partial charge in [0.1, 0.15) is 0 Å². The van der Waals surface area contributed by atoms with Crippen molar-refractivity contribution in [3.8, 4) is 0 Å². The fraction of sp³-hybridized carbons (Fsp3) is 0.875. The van der Waals surface area contributed by atoms with Crippen molar-refractivity contribution in [1.82, 2.24) is 0 Å². The van der Waals surface area contributed by atoms with Gasteiger partial charge in [-0.15, -0.1) is 0 Å². The van der Waals surface area contributed by atoms with Gasteiger partial charge >= 0.3 is 120 Å². The molecule has 4 heteroatoms. The molecule has 0 aromatic carbocycles. The Hall–Kier alpha value is -0.241. The van der Waals surface area contributed by atoms with Crippen LogP contribution in [0.2, 0.25) is 13.3 Å². The van der Waals surface area contributed by atoms with E-state index in [1.807, 2.05) is 0 Å². The van der Waals surface area contributed by atoms with Crippen molar-refractivity contribution in [3.63, 3.8) is 0 Å². The van der Waals surface area contributed by atoms with Crippen LogP contribution in [0, 0.1) is 10.8 Å². The van der Waals surface area contributed by atoms with Crippen LogP contribution in [-0.4, -0.2) is 25.0 Å². The van der Waals surface area contributed by atoms with Crippen molar-refractivity contribution < 1.29 is 4.74 Å². The third-order valence-corrected chi connectivity index (χ3v) is 18.9. The maximum Gasteiger partial charge on any atom is 0 e. The van der Waals surface area contributed by atoms with Gasteiger partial charge in [-0.05, 0) is 0 Å². The molecular weight excluding hydrogens is 355 g/mol. The molecule has 0 heterocycles. The van der Waals surface area contributed by atoms with Crippen LogP contribution in [0.25, 0.3) is 0 Å². The summed E-state index contributed by atoms with van der Waals surface area (Å²) < 4.78 is 11.6. The summed E-state index contributed by atoms with van der Waals surface area (Å²) in [5.74, 6) is 0. The number of nitrogens with zero attached hydrogens (tertiary/aromatic N) is 2. The van der Waals surface area contributed by atoms with Crippen LogP contribution in [0.1, 0.15) is 66.2 Å². The van der Waals surface area contributed by atoms with Crippen molar-refractivity contribution in [2.24, 2.45) is 0 Å². The SMILES string of the molecule is C=[C](OCC)[Sn]([CH2]CCC)([CH2]CCC)[CH2]CCC.N#N. The molecule has 0 atom stereocenters. The summed E-state index contributed by atoms with van der Waals surface area (Å²) in [5, 5.41) is 12.0. The summed E-state index contributed by atoms with van der Waals surface area (Å²) in [6.07, 6.45) is 8.10. The smallest absolute Gasteiger partial charge is 0 e. The fourth-order valence-corrected chi connectivity index (χ4v) is 17.3. The molecule has 0 radical (unpaired) electrons. The van der Waals surface area contributed by atoms with Gasteiger partial charge in [0.25, 0.3) is 0 Å². The maximum absolute atomic E-state index is 6.00. The minimum absolute atomic E-state index is 0.807.